The molecule has 0 aliphatic rings. The Morgan fingerprint density at radius 1 is 1.11 bits per heavy atom. The molecule has 5 heteroatoms. The first-order chi connectivity index (χ1) is 9.08. The summed E-state index contributed by atoms with van der Waals surface area (Å²) in [6.45, 7) is 0. The van der Waals surface area contributed by atoms with Crippen LogP contribution in [0.2, 0.25) is 0 Å². The van der Waals surface area contributed by atoms with Crippen LogP contribution >= 0.6 is 0 Å². The first-order valence-electron chi connectivity index (χ1n) is 5.69. The van der Waals surface area contributed by atoms with Crippen LogP contribution in [0.4, 0.5) is 5.69 Å². The average molecular weight is 274 g/mol. The predicted octanol–water partition coefficient (Wildman–Crippen LogP) is 1.68. The van der Waals surface area contributed by atoms with E-state index in [-0.39, 0.29) is 5.75 Å². The number of carbonyl (C=O) groups is 1. The molecular formula is C14H14N2O2S. The molecule has 2 aromatic carbocycles. The van der Waals surface area contributed by atoms with Gasteiger partial charge in [0.2, 0.25) is 5.91 Å². The third-order valence-corrected chi connectivity index (χ3v) is 4.04. The van der Waals surface area contributed by atoms with Crippen LogP contribution in [0, 0.1) is 0 Å². The average Bonchev–Trinajstić information content (AvgIpc) is 2.39. The van der Waals surface area contributed by atoms with Gasteiger partial charge in [0, 0.05) is 16.1 Å². The molecule has 19 heavy (non-hydrogen) atoms. The van der Waals surface area contributed by atoms with E-state index in [2.05, 4.69) is 0 Å². The van der Waals surface area contributed by atoms with Gasteiger partial charge in [0.25, 0.3) is 0 Å². The Morgan fingerprint density at radius 2 is 1.84 bits per heavy atom. The number of anilines is 1. The Kier molecular flexibility index (Phi) is 3.97. The quantitative estimate of drug-likeness (QED) is 0.832. The fourth-order valence-electron chi connectivity index (χ4n) is 1.77. The highest BCUT2D eigenvalue weighted by molar-refractivity contribution is 7.84. The van der Waals surface area contributed by atoms with Gasteiger partial charge in [0.15, 0.2) is 0 Å². The lowest BCUT2D eigenvalue weighted by Crippen LogP contribution is -2.14. The normalized spacial score (nSPS) is 12.0. The summed E-state index contributed by atoms with van der Waals surface area (Å²) >= 11 is 0. The van der Waals surface area contributed by atoms with Crippen molar-refractivity contribution >= 4 is 22.4 Å². The van der Waals surface area contributed by atoms with Crippen molar-refractivity contribution in [3.63, 3.8) is 0 Å². The Bertz CT molecular complexity index is 641. The predicted molar refractivity (Wildman–Crippen MR) is 75.9 cm³/mol. The van der Waals surface area contributed by atoms with Crippen molar-refractivity contribution in [2.24, 2.45) is 5.73 Å². The Morgan fingerprint density at radius 3 is 2.53 bits per heavy atom. The van der Waals surface area contributed by atoms with Crippen molar-refractivity contribution in [3.05, 3.63) is 59.7 Å². The molecule has 0 saturated carbocycles. The summed E-state index contributed by atoms with van der Waals surface area (Å²) in [7, 11) is -1.26. The summed E-state index contributed by atoms with van der Waals surface area (Å²) in [6, 6.07) is 13.8. The van der Waals surface area contributed by atoms with Gasteiger partial charge < -0.3 is 11.5 Å². The first-order valence-corrected chi connectivity index (χ1v) is 7.01. The standard InChI is InChI=1S/C14H14N2O2S/c15-11-5-3-6-12(8-11)19(18)9-10-4-1-2-7-13(10)14(16)17/h1-8H,9,15H2,(H2,16,17). The zero-order valence-corrected chi connectivity index (χ0v) is 11.0. The Balaban J connectivity index is 2.27. The van der Waals surface area contributed by atoms with Crippen molar-refractivity contribution in [2.45, 2.75) is 10.6 Å². The van der Waals surface area contributed by atoms with E-state index in [1.807, 2.05) is 0 Å². The summed E-state index contributed by atoms with van der Waals surface area (Å²) in [5.74, 6) is -0.275. The van der Waals surface area contributed by atoms with Gasteiger partial charge in [-0.05, 0) is 29.8 Å². The number of hydrogen-bond acceptors (Lipinski definition) is 3. The molecule has 0 aromatic heterocycles. The smallest absolute Gasteiger partial charge is 0.249 e. The summed E-state index contributed by atoms with van der Waals surface area (Å²) in [4.78, 5) is 11.9. The molecule has 0 radical (unpaired) electrons. The van der Waals surface area contributed by atoms with Crippen LogP contribution in [-0.4, -0.2) is 10.1 Å². The number of amides is 1. The van der Waals surface area contributed by atoms with E-state index in [9.17, 15) is 9.00 Å². The van der Waals surface area contributed by atoms with E-state index < -0.39 is 16.7 Å². The summed E-state index contributed by atoms with van der Waals surface area (Å²) in [5.41, 5.74) is 12.6. The molecule has 0 saturated heterocycles. The molecule has 98 valence electrons. The van der Waals surface area contributed by atoms with Gasteiger partial charge in [0.1, 0.15) is 0 Å². The van der Waals surface area contributed by atoms with Crippen LogP contribution in [-0.2, 0) is 16.6 Å². The minimum atomic E-state index is -1.26. The van der Waals surface area contributed by atoms with E-state index in [0.717, 1.165) is 0 Å². The topological polar surface area (TPSA) is 86.2 Å². The molecule has 2 aromatic rings. The second kappa shape index (κ2) is 5.67. The molecule has 0 bridgehead atoms. The van der Waals surface area contributed by atoms with Gasteiger partial charge >= 0.3 is 0 Å². The van der Waals surface area contributed by atoms with Crippen molar-refractivity contribution in [3.8, 4) is 0 Å². The van der Waals surface area contributed by atoms with Crippen molar-refractivity contribution in [2.75, 3.05) is 5.73 Å². The molecule has 4 N–H and O–H groups in total. The van der Waals surface area contributed by atoms with Gasteiger partial charge in [-0.25, -0.2) is 0 Å². The van der Waals surface area contributed by atoms with E-state index in [1.54, 1.807) is 48.5 Å². The highest BCUT2D eigenvalue weighted by Gasteiger charge is 2.11. The summed E-state index contributed by atoms with van der Waals surface area (Å²) < 4.78 is 12.2. The number of carbonyl (C=O) groups excluding carboxylic acids is 1. The fourth-order valence-corrected chi connectivity index (χ4v) is 2.97. The van der Waals surface area contributed by atoms with E-state index in [4.69, 9.17) is 11.5 Å². The van der Waals surface area contributed by atoms with E-state index >= 15 is 0 Å². The van der Waals surface area contributed by atoms with E-state index in [1.165, 1.54) is 0 Å². The number of benzene rings is 2. The molecule has 1 unspecified atom stereocenters. The number of hydrogen-bond donors (Lipinski definition) is 2. The zero-order chi connectivity index (χ0) is 13.8. The number of nitrogens with two attached hydrogens (primary N) is 2. The molecule has 0 aliphatic carbocycles. The van der Waals surface area contributed by atoms with Crippen molar-refractivity contribution in [1.29, 1.82) is 0 Å². The Labute approximate surface area is 113 Å². The third kappa shape index (κ3) is 3.20. The maximum absolute atomic E-state index is 12.2. The van der Waals surface area contributed by atoms with Gasteiger partial charge in [-0.15, -0.1) is 0 Å². The minimum Gasteiger partial charge on any atom is -0.399 e. The van der Waals surface area contributed by atoms with Crippen LogP contribution in [0.1, 0.15) is 15.9 Å². The van der Waals surface area contributed by atoms with Crippen LogP contribution in [0.15, 0.2) is 53.4 Å². The fraction of sp³-hybridized carbons (Fsp3) is 0.0714. The summed E-state index contributed by atoms with van der Waals surface area (Å²) in [6.07, 6.45) is 0. The number of nitrogen functional groups attached to an aromatic ring is 1. The minimum absolute atomic E-state index is 0.239. The lowest BCUT2D eigenvalue weighted by Gasteiger charge is -2.07. The van der Waals surface area contributed by atoms with Gasteiger partial charge in [0.05, 0.1) is 16.6 Å². The molecule has 1 atom stereocenters. The molecule has 0 fully saturated rings. The second-order valence-electron chi connectivity index (χ2n) is 4.08. The van der Waals surface area contributed by atoms with E-state index in [0.29, 0.717) is 21.7 Å². The molecule has 0 heterocycles. The number of primary amides is 1. The molecule has 4 nitrogen and oxygen atoms in total. The van der Waals surface area contributed by atoms with Gasteiger partial charge in [-0.2, -0.15) is 0 Å². The maximum Gasteiger partial charge on any atom is 0.249 e. The van der Waals surface area contributed by atoms with Crippen molar-refractivity contribution < 1.29 is 9.00 Å². The Hall–Kier alpha value is -2.14. The van der Waals surface area contributed by atoms with Crippen LogP contribution in [0.25, 0.3) is 0 Å². The first kappa shape index (κ1) is 13.3. The summed E-state index contributed by atoms with van der Waals surface area (Å²) in [5, 5.41) is 0. The molecule has 2 rings (SSSR count). The molecule has 1 amide bonds. The highest BCUT2D eigenvalue weighted by Crippen LogP contribution is 2.17. The van der Waals surface area contributed by atoms with Crippen molar-refractivity contribution in [1.82, 2.24) is 0 Å². The van der Waals surface area contributed by atoms with Crippen LogP contribution in [0.3, 0.4) is 0 Å². The molecule has 0 aliphatic heterocycles. The lowest BCUT2D eigenvalue weighted by atomic mass is 10.1. The SMILES string of the molecule is NC(=O)c1ccccc1CS(=O)c1cccc(N)c1. The largest absolute Gasteiger partial charge is 0.399 e. The lowest BCUT2D eigenvalue weighted by molar-refractivity contribution is 0.0999. The second-order valence-corrected chi connectivity index (χ2v) is 5.53. The van der Waals surface area contributed by atoms with Crippen LogP contribution < -0.4 is 11.5 Å². The highest BCUT2D eigenvalue weighted by atomic mass is 32.2. The zero-order valence-electron chi connectivity index (χ0n) is 10.2. The third-order valence-electron chi connectivity index (χ3n) is 2.69. The monoisotopic (exact) mass is 274 g/mol. The maximum atomic E-state index is 12.2. The van der Waals surface area contributed by atoms with Gasteiger partial charge in [-0.1, -0.05) is 24.3 Å². The number of rotatable bonds is 4. The molecule has 0 spiro atoms. The molecular weight excluding hydrogens is 260 g/mol. The van der Waals surface area contributed by atoms with Gasteiger partial charge in [-0.3, -0.25) is 9.00 Å². The van der Waals surface area contributed by atoms with Crippen LogP contribution in [0.5, 0.6) is 0 Å².